The van der Waals surface area contributed by atoms with Gasteiger partial charge in [-0.05, 0) is 43.9 Å². The summed E-state index contributed by atoms with van der Waals surface area (Å²) in [4.78, 5) is 23.9. The van der Waals surface area contributed by atoms with Gasteiger partial charge in [-0.15, -0.1) is 0 Å². The first-order chi connectivity index (χ1) is 11.9. The molecule has 0 aliphatic carbocycles. The SMILES string of the molecule is Cc1ccccc1NC(=O)C(=O)NCC(C)(O)CCc1ccccc1. The maximum atomic E-state index is 12.0. The molecule has 0 radical (unpaired) electrons. The number of aryl methyl sites for hydroxylation is 2. The summed E-state index contributed by atoms with van der Waals surface area (Å²) >= 11 is 0. The second-order valence-electron chi connectivity index (χ2n) is 6.43. The number of nitrogens with one attached hydrogen (secondary N) is 2. The van der Waals surface area contributed by atoms with Gasteiger partial charge in [0.25, 0.3) is 0 Å². The highest BCUT2D eigenvalue weighted by atomic mass is 16.3. The predicted octanol–water partition coefficient (Wildman–Crippen LogP) is 2.43. The number of hydrogen-bond donors (Lipinski definition) is 3. The van der Waals surface area contributed by atoms with E-state index in [-0.39, 0.29) is 6.54 Å². The van der Waals surface area contributed by atoms with Gasteiger partial charge in [0.05, 0.1) is 5.60 Å². The van der Waals surface area contributed by atoms with Crippen molar-refractivity contribution >= 4 is 17.5 Å². The number of anilines is 1. The quantitative estimate of drug-likeness (QED) is 0.707. The molecule has 0 heterocycles. The summed E-state index contributed by atoms with van der Waals surface area (Å²) in [5.41, 5.74) is 1.50. The molecular weight excluding hydrogens is 316 g/mol. The van der Waals surface area contributed by atoms with Crippen LogP contribution >= 0.6 is 0 Å². The standard InChI is InChI=1S/C20H24N2O3/c1-15-8-6-7-11-17(15)22-19(24)18(23)21-14-20(2,25)13-12-16-9-4-3-5-10-16/h3-11,25H,12-14H2,1-2H3,(H,21,23)(H,22,24). The van der Waals surface area contributed by atoms with E-state index in [4.69, 9.17) is 0 Å². The van der Waals surface area contributed by atoms with E-state index >= 15 is 0 Å². The lowest BCUT2D eigenvalue weighted by atomic mass is 9.97. The molecule has 2 amide bonds. The van der Waals surface area contributed by atoms with Crippen molar-refractivity contribution in [3.8, 4) is 0 Å². The third-order valence-corrected chi connectivity index (χ3v) is 4.02. The minimum atomic E-state index is -1.09. The molecule has 2 aromatic rings. The van der Waals surface area contributed by atoms with Gasteiger partial charge in [-0.3, -0.25) is 9.59 Å². The lowest BCUT2D eigenvalue weighted by molar-refractivity contribution is -0.136. The van der Waals surface area contributed by atoms with Crippen molar-refractivity contribution in [1.29, 1.82) is 0 Å². The van der Waals surface area contributed by atoms with Crippen molar-refractivity contribution in [3.63, 3.8) is 0 Å². The van der Waals surface area contributed by atoms with Crippen molar-refractivity contribution in [2.45, 2.75) is 32.3 Å². The Kier molecular flexibility index (Phi) is 6.31. The summed E-state index contributed by atoms with van der Waals surface area (Å²) in [5, 5.41) is 15.5. The lowest BCUT2D eigenvalue weighted by Crippen LogP contribution is -2.44. The van der Waals surface area contributed by atoms with Crippen molar-refractivity contribution in [3.05, 3.63) is 65.7 Å². The third-order valence-electron chi connectivity index (χ3n) is 4.02. The Morgan fingerprint density at radius 2 is 1.64 bits per heavy atom. The number of rotatable bonds is 6. The molecule has 0 spiro atoms. The zero-order chi connectivity index (χ0) is 18.3. The smallest absolute Gasteiger partial charge is 0.313 e. The molecule has 0 aliphatic heterocycles. The number of carbonyl (C=O) groups is 2. The zero-order valence-corrected chi connectivity index (χ0v) is 14.6. The Hall–Kier alpha value is -2.66. The highest BCUT2D eigenvalue weighted by Crippen LogP contribution is 2.14. The van der Waals surface area contributed by atoms with E-state index in [1.165, 1.54) is 0 Å². The van der Waals surface area contributed by atoms with Crippen LogP contribution < -0.4 is 10.6 Å². The molecular formula is C20H24N2O3. The number of para-hydroxylation sites is 1. The molecule has 5 heteroatoms. The van der Waals surface area contributed by atoms with Crippen LogP contribution in [0.4, 0.5) is 5.69 Å². The topological polar surface area (TPSA) is 78.4 Å². The van der Waals surface area contributed by atoms with Gasteiger partial charge in [0, 0.05) is 12.2 Å². The number of benzene rings is 2. The molecule has 2 aromatic carbocycles. The van der Waals surface area contributed by atoms with Gasteiger partial charge in [0.2, 0.25) is 0 Å². The number of amides is 2. The summed E-state index contributed by atoms with van der Waals surface area (Å²) in [6.45, 7) is 3.51. The van der Waals surface area contributed by atoms with Crippen LogP contribution in [0.25, 0.3) is 0 Å². The fourth-order valence-electron chi connectivity index (χ4n) is 2.39. The molecule has 0 aromatic heterocycles. The van der Waals surface area contributed by atoms with Gasteiger partial charge in [0.1, 0.15) is 0 Å². The molecule has 3 N–H and O–H groups in total. The maximum Gasteiger partial charge on any atom is 0.313 e. The summed E-state index contributed by atoms with van der Waals surface area (Å²) in [7, 11) is 0. The first-order valence-electron chi connectivity index (χ1n) is 8.28. The molecule has 0 saturated carbocycles. The van der Waals surface area contributed by atoms with Crippen LogP contribution in [0.2, 0.25) is 0 Å². The fraction of sp³-hybridized carbons (Fsp3) is 0.300. The molecule has 2 rings (SSSR count). The van der Waals surface area contributed by atoms with Crippen LogP contribution in [-0.4, -0.2) is 29.1 Å². The summed E-state index contributed by atoms with van der Waals surface area (Å²) in [6, 6.07) is 17.0. The third kappa shape index (κ3) is 6.04. The predicted molar refractivity (Wildman–Crippen MR) is 98.2 cm³/mol. The molecule has 0 saturated heterocycles. The Labute approximate surface area is 148 Å². The second kappa shape index (κ2) is 8.44. The van der Waals surface area contributed by atoms with E-state index in [2.05, 4.69) is 10.6 Å². The van der Waals surface area contributed by atoms with E-state index in [1.54, 1.807) is 19.1 Å². The summed E-state index contributed by atoms with van der Waals surface area (Å²) in [5.74, 6) is -1.50. The van der Waals surface area contributed by atoms with Crippen LogP contribution in [0.5, 0.6) is 0 Å². The highest BCUT2D eigenvalue weighted by Gasteiger charge is 2.23. The van der Waals surface area contributed by atoms with E-state index < -0.39 is 17.4 Å². The van der Waals surface area contributed by atoms with Gasteiger partial charge < -0.3 is 15.7 Å². The largest absolute Gasteiger partial charge is 0.388 e. The molecule has 5 nitrogen and oxygen atoms in total. The van der Waals surface area contributed by atoms with Crippen molar-refractivity contribution < 1.29 is 14.7 Å². The molecule has 0 aliphatic rings. The van der Waals surface area contributed by atoms with Gasteiger partial charge in [-0.25, -0.2) is 0 Å². The van der Waals surface area contributed by atoms with Crippen LogP contribution in [-0.2, 0) is 16.0 Å². The number of hydrogen-bond acceptors (Lipinski definition) is 3. The summed E-state index contributed by atoms with van der Waals surface area (Å²) < 4.78 is 0. The Balaban J connectivity index is 1.81. The molecule has 0 fully saturated rings. The minimum absolute atomic E-state index is 0.0137. The van der Waals surface area contributed by atoms with Gasteiger partial charge in [-0.1, -0.05) is 48.5 Å². The molecule has 0 bridgehead atoms. The Morgan fingerprint density at radius 1 is 1.00 bits per heavy atom. The van der Waals surface area contributed by atoms with Crippen molar-refractivity contribution in [2.24, 2.45) is 0 Å². The molecule has 1 atom stereocenters. The molecule has 25 heavy (non-hydrogen) atoms. The lowest BCUT2D eigenvalue weighted by Gasteiger charge is -2.23. The fourth-order valence-corrected chi connectivity index (χ4v) is 2.39. The molecule has 132 valence electrons. The van der Waals surface area contributed by atoms with Gasteiger partial charge in [0.15, 0.2) is 0 Å². The van der Waals surface area contributed by atoms with Crippen LogP contribution in [0.3, 0.4) is 0 Å². The van der Waals surface area contributed by atoms with E-state index in [1.807, 2.05) is 49.4 Å². The first-order valence-corrected chi connectivity index (χ1v) is 8.28. The Morgan fingerprint density at radius 3 is 2.32 bits per heavy atom. The van der Waals surface area contributed by atoms with Crippen LogP contribution in [0.15, 0.2) is 54.6 Å². The maximum absolute atomic E-state index is 12.0. The monoisotopic (exact) mass is 340 g/mol. The first kappa shape index (κ1) is 18.7. The average Bonchev–Trinajstić information content (AvgIpc) is 2.61. The normalized spacial score (nSPS) is 12.9. The average molecular weight is 340 g/mol. The minimum Gasteiger partial charge on any atom is -0.388 e. The van der Waals surface area contributed by atoms with Gasteiger partial charge >= 0.3 is 11.8 Å². The van der Waals surface area contributed by atoms with E-state index in [0.717, 1.165) is 11.1 Å². The van der Waals surface area contributed by atoms with Crippen LogP contribution in [0.1, 0.15) is 24.5 Å². The second-order valence-corrected chi connectivity index (χ2v) is 6.43. The van der Waals surface area contributed by atoms with Crippen LogP contribution in [0, 0.1) is 6.92 Å². The number of aliphatic hydroxyl groups is 1. The van der Waals surface area contributed by atoms with E-state index in [9.17, 15) is 14.7 Å². The zero-order valence-electron chi connectivity index (χ0n) is 14.6. The number of carbonyl (C=O) groups excluding carboxylic acids is 2. The van der Waals surface area contributed by atoms with Gasteiger partial charge in [-0.2, -0.15) is 0 Å². The van der Waals surface area contributed by atoms with Crippen molar-refractivity contribution in [1.82, 2.24) is 5.32 Å². The van der Waals surface area contributed by atoms with Crippen molar-refractivity contribution in [2.75, 3.05) is 11.9 Å². The Bertz CT molecular complexity index is 727. The molecule has 1 unspecified atom stereocenters. The van der Waals surface area contributed by atoms with E-state index in [0.29, 0.717) is 18.5 Å². The summed E-state index contributed by atoms with van der Waals surface area (Å²) in [6.07, 6.45) is 1.18. The highest BCUT2D eigenvalue weighted by molar-refractivity contribution is 6.39.